The van der Waals surface area contributed by atoms with Crippen molar-refractivity contribution in [2.45, 2.75) is 58.0 Å². The number of nitrogens with zero attached hydrogens (tertiary/aromatic N) is 2. The highest BCUT2D eigenvalue weighted by molar-refractivity contribution is 6.76. The molecule has 0 atom stereocenters. The number of ether oxygens (including phenoxy) is 1. The summed E-state index contributed by atoms with van der Waals surface area (Å²) in [6.07, 6.45) is -3.92. The number of alkyl halides is 3. The van der Waals surface area contributed by atoms with Crippen LogP contribution in [0.25, 0.3) is 0 Å². The lowest BCUT2D eigenvalue weighted by Gasteiger charge is -2.26. The van der Waals surface area contributed by atoms with Crippen LogP contribution in [0.1, 0.15) is 19.4 Å². The standard InChI is InChI=1S/C15H26F3N3O3Si/c1-14(2,9-22)20-11-8-19-21(10-24-6-7-25(3,4)5)13(23)12(11)15(16,17)18/h8,20,22H,6-7,9-10H2,1-5H3. The molecule has 1 heterocycles. The second kappa shape index (κ2) is 7.88. The number of aliphatic hydroxyl groups excluding tert-OH is 1. The van der Waals surface area contributed by atoms with Crippen molar-refractivity contribution in [3.8, 4) is 0 Å². The van der Waals surface area contributed by atoms with Crippen molar-refractivity contribution in [3.05, 3.63) is 22.1 Å². The van der Waals surface area contributed by atoms with Gasteiger partial charge in [0.2, 0.25) is 0 Å². The third-order valence-corrected chi connectivity index (χ3v) is 5.11. The van der Waals surface area contributed by atoms with Crippen LogP contribution < -0.4 is 10.9 Å². The van der Waals surface area contributed by atoms with Gasteiger partial charge in [-0.05, 0) is 19.9 Å². The Morgan fingerprint density at radius 2 is 1.92 bits per heavy atom. The number of aliphatic hydroxyl groups is 1. The monoisotopic (exact) mass is 381 g/mol. The van der Waals surface area contributed by atoms with E-state index < -0.39 is 43.2 Å². The maximum absolute atomic E-state index is 13.3. The second-order valence-corrected chi connectivity index (χ2v) is 13.4. The summed E-state index contributed by atoms with van der Waals surface area (Å²) in [6.45, 7) is 9.08. The molecule has 25 heavy (non-hydrogen) atoms. The van der Waals surface area contributed by atoms with E-state index in [1.807, 2.05) is 0 Å². The first kappa shape index (κ1) is 21.6. The molecule has 0 amide bonds. The average molecular weight is 381 g/mol. The number of halogens is 3. The fraction of sp³-hybridized carbons (Fsp3) is 0.733. The summed E-state index contributed by atoms with van der Waals surface area (Å²) in [4.78, 5) is 12.2. The number of nitrogens with one attached hydrogen (secondary N) is 1. The first-order chi connectivity index (χ1) is 11.3. The summed E-state index contributed by atoms with van der Waals surface area (Å²) < 4.78 is 46.0. The van der Waals surface area contributed by atoms with Gasteiger partial charge in [0.15, 0.2) is 0 Å². The van der Waals surface area contributed by atoms with Crippen LogP contribution in [-0.4, -0.2) is 41.7 Å². The molecule has 0 aliphatic heterocycles. The molecule has 10 heteroatoms. The minimum atomic E-state index is -4.85. The van der Waals surface area contributed by atoms with Crippen molar-refractivity contribution < 1.29 is 23.0 Å². The first-order valence-electron chi connectivity index (χ1n) is 7.91. The Kier molecular flexibility index (Phi) is 6.82. The summed E-state index contributed by atoms with van der Waals surface area (Å²) in [5, 5.41) is 15.5. The third kappa shape index (κ3) is 6.79. The van der Waals surface area contributed by atoms with E-state index in [9.17, 15) is 23.1 Å². The van der Waals surface area contributed by atoms with Gasteiger partial charge < -0.3 is 15.2 Å². The molecular formula is C15H26F3N3O3Si. The highest BCUT2D eigenvalue weighted by Crippen LogP contribution is 2.32. The minimum Gasteiger partial charge on any atom is -0.394 e. The van der Waals surface area contributed by atoms with E-state index in [1.54, 1.807) is 0 Å². The zero-order chi connectivity index (χ0) is 19.5. The number of anilines is 1. The molecule has 144 valence electrons. The van der Waals surface area contributed by atoms with Gasteiger partial charge in [0.1, 0.15) is 12.3 Å². The maximum Gasteiger partial charge on any atom is 0.423 e. The number of hydrogen-bond donors (Lipinski definition) is 2. The fourth-order valence-corrected chi connectivity index (χ4v) is 2.64. The lowest BCUT2D eigenvalue weighted by Crippen LogP contribution is -2.39. The van der Waals surface area contributed by atoms with Gasteiger partial charge in [0, 0.05) is 14.7 Å². The van der Waals surface area contributed by atoms with Crippen molar-refractivity contribution in [2.24, 2.45) is 0 Å². The molecule has 1 aromatic heterocycles. The van der Waals surface area contributed by atoms with Gasteiger partial charge in [-0.1, -0.05) is 19.6 Å². The largest absolute Gasteiger partial charge is 0.423 e. The SMILES string of the molecule is CC(C)(CO)Nc1cnn(COCC[Si](C)(C)C)c(=O)c1C(F)(F)F. The molecule has 2 N–H and O–H groups in total. The van der Waals surface area contributed by atoms with Gasteiger partial charge in [-0.3, -0.25) is 4.79 Å². The highest BCUT2D eigenvalue weighted by Gasteiger charge is 2.39. The fourth-order valence-electron chi connectivity index (χ4n) is 1.88. The van der Waals surface area contributed by atoms with E-state index in [2.05, 4.69) is 30.1 Å². The Morgan fingerprint density at radius 1 is 1.32 bits per heavy atom. The van der Waals surface area contributed by atoms with Crippen LogP contribution in [0.2, 0.25) is 25.7 Å². The molecule has 0 spiro atoms. The lowest BCUT2D eigenvalue weighted by molar-refractivity contribution is -0.138. The number of rotatable bonds is 8. The van der Waals surface area contributed by atoms with Crippen LogP contribution in [0.4, 0.5) is 18.9 Å². The molecule has 1 aromatic rings. The second-order valence-electron chi connectivity index (χ2n) is 7.75. The van der Waals surface area contributed by atoms with Gasteiger partial charge in [-0.2, -0.15) is 18.3 Å². The predicted octanol–water partition coefficient (Wildman–Crippen LogP) is 2.76. The molecule has 0 unspecified atom stereocenters. The van der Waals surface area contributed by atoms with E-state index >= 15 is 0 Å². The topological polar surface area (TPSA) is 76.4 Å². The first-order valence-corrected chi connectivity index (χ1v) is 11.6. The van der Waals surface area contributed by atoms with Gasteiger partial charge >= 0.3 is 6.18 Å². The zero-order valence-electron chi connectivity index (χ0n) is 15.2. The van der Waals surface area contributed by atoms with Gasteiger partial charge in [0.25, 0.3) is 5.56 Å². The summed E-state index contributed by atoms with van der Waals surface area (Å²) >= 11 is 0. The zero-order valence-corrected chi connectivity index (χ0v) is 16.2. The average Bonchev–Trinajstić information content (AvgIpc) is 2.42. The smallest absolute Gasteiger partial charge is 0.394 e. The van der Waals surface area contributed by atoms with E-state index in [-0.39, 0.29) is 6.73 Å². The summed E-state index contributed by atoms with van der Waals surface area (Å²) in [7, 11) is -1.34. The highest BCUT2D eigenvalue weighted by atomic mass is 28.3. The molecule has 0 saturated heterocycles. The molecule has 0 radical (unpaired) electrons. The van der Waals surface area contributed by atoms with Crippen molar-refractivity contribution in [1.82, 2.24) is 9.78 Å². The van der Waals surface area contributed by atoms with E-state index in [4.69, 9.17) is 4.74 Å². The molecule has 0 aliphatic carbocycles. The van der Waals surface area contributed by atoms with Crippen molar-refractivity contribution >= 4 is 13.8 Å². The Morgan fingerprint density at radius 3 is 2.40 bits per heavy atom. The van der Waals surface area contributed by atoms with Crippen molar-refractivity contribution in [1.29, 1.82) is 0 Å². The molecule has 0 fully saturated rings. The molecule has 6 nitrogen and oxygen atoms in total. The van der Waals surface area contributed by atoms with Crippen LogP contribution in [0.15, 0.2) is 11.0 Å². The molecule has 1 rings (SSSR count). The number of aromatic nitrogens is 2. The lowest BCUT2D eigenvalue weighted by atomic mass is 10.1. The molecule has 0 bridgehead atoms. The van der Waals surface area contributed by atoms with Crippen LogP contribution in [0.5, 0.6) is 0 Å². The van der Waals surface area contributed by atoms with Crippen LogP contribution in [0, 0.1) is 0 Å². The Balaban J connectivity index is 3.06. The van der Waals surface area contributed by atoms with Crippen LogP contribution in [0.3, 0.4) is 0 Å². The molecule has 0 saturated carbocycles. The Labute approximate surface area is 146 Å². The van der Waals surface area contributed by atoms with Gasteiger partial charge in [-0.25, -0.2) is 4.68 Å². The van der Waals surface area contributed by atoms with E-state index in [0.717, 1.165) is 12.2 Å². The van der Waals surface area contributed by atoms with Crippen LogP contribution >= 0.6 is 0 Å². The van der Waals surface area contributed by atoms with E-state index in [1.165, 1.54) is 13.8 Å². The maximum atomic E-state index is 13.3. The quantitative estimate of drug-likeness (QED) is 0.535. The van der Waals surface area contributed by atoms with Crippen LogP contribution in [-0.2, 0) is 17.6 Å². The van der Waals surface area contributed by atoms with Crippen molar-refractivity contribution in [3.63, 3.8) is 0 Å². The third-order valence-electron chi connectivity index (χ3n) is 3.41. The van der Waals surface area contributed by atoms with Gasteiger partial charge in [0.05, 0.1) is 24.0 Å². The normalized spacial score (nSPS) is 13.2. The van der Waals surface area contributed by atoms with Crippen molar-refractivity contribution in [2.75, 3.05) is 18.5 Å². The summed E-state index contributed by atoms with van der Waals surface area (Å²) in [5.74, 6) is 0. The summed E-state index contributed by atoms with van der Waals surface area (Å²) in [6, 6.07) is 0.832. The molecular weight excluding hydrogens is 355 g/mol. The van der Waals surface area contributed by atoms with E-state index in [0.29, 0.717) is 11.3 Å². The Bertz CT molecular complexity index is 640. The predicted molar refractivity (Wildman–Crippen MR) is 92.4 cm³/mol. The number of hydrogen-bond acceptors (Lipinski definition) is 5. The minimum absolute atomic E-state index is 0.337. The summed E-state index contributed by atoms with van der Waals surface area (Å²) in [5.41, 5.74) is -4.12. The Hall–Kier alpha value is -1.39. The molecule has 0 aromatic carbocycles. The van der Waals surface area contributed by atoms with Gasteiger partial charge in [-0.15, -0.1) is 0 Å². The molecule has 0 aliphatic rings.